The van der Waals surface area contributed by atoms with Crippen LogP contribution >= 0.6 is 0 Å². The Balaban J connectivity index is 4.89. The largest absolute Gasteiger partial charge is 0.465 e. The van der Waals surface area contributed by atoms with Crippen molar-refractivity contribution >= 4 is 11.9 Å². The number of hydrogen-bond donors (Lipinski definition) is 1. The quantitative estimate of drug-likeness (QED) is 0.667. The number of nitrogens with zero attached hydrogens (tertiary/aromatic N) is 1. The molecule has 0 fully saturated rings. The summed E-state index contributed by atoms with van der Waals surface area (Å²) in [4.78, 5) is 22.7. The number of aliphatic hydroxyl groups is 1. The van der Waals surface area contributed by atoms with Gasteiger partial charge < -0.3 is 14.6 Å². The van der Waals surface area contributed by atoms with E-state index in [0.717, 1.165) is 6.92 Å². The van der Waals surface area contributed by atoms with E-state index < -0.39 is 23.5 Å². The molecule has 16 heavy (non-hydrogen) atoms. The van der Waals surface area contributed by atoms with Crippen LogP contribution in [0.4, 0.5) is 0 Å². The second-order valence-corrected chi connectivity index (χ2v) is 3.19. The van der Waals surface area contributed by atoms with E-state index in [-0.39, 0.29) is 13.2 Å². The van der Waals surface area contributed by atoms with E-state index in [0.29, 0.717) is 0 Å². The van der Waals surface area contributed by atoms with Gasteiger partial charge in [0.05, 0.1) is 19.3 Å². The number of carbonyl (C=O) groups is 2. The minimum Gasteiger partial charge on any atom is -0.465 e. The van der Waals surface area contributed by atoms with Gasteiger partial charge in [0.25, 0.3) is 0 Å². The third-order valence-corrected chi connectivity index (χ3v) is 1.99. The molecule has 0 heterocycles. The molecule has 90 valence electrons. The number of esters is 2. The van der Waals surface area contributed by atoms with Gasteiger partial charge in [-0.2, -0.15) is 5.26 Å². The molecule has 0 aromatic rings. The zero-order valence-electron chi connectivity index (χ0n) is 9.52. The predicted molar refractivity (Wildman–Crippen MR) is 53.0 cm³/mol. The normalized spacial score (nSPS) is 15.4. The molecule has 6 heteroatoms. The van der Waals surface area contributed by atoms with Gasteiger partial charge in [0.1, 0.15) is 0 Å². The molecule has 0 unspecified atom stereocenters. The van der Waals surface area contributed by atoms with Crippen LogP contribution in [-0.2, 0) is 19.1 Å². The molecule has 0 aliphatic rings. The van der Waals surface area contributed by atoms with Crippen molar-refractivity contribution in [3.63, 3.8) is 0 Å². The number of hydrogen-bond acceptors (Lipinski definition) is 6. The van der Waals surface area contributed by atoms with E-state index in [9.17, 15) is 14.7 Å². The molecule has 2 atom stereocenters. The molecule has 0 saturated carbocycles. The molecule has 0 aromatic carbocycles. The molecule has 0 aromatic heterocycles. The van der Waals surface area contributed by atoms with Crippen molar-refractivity contribution in [3.8, 4) is 6.07 Å². The molecule has 0 aliphatic heterocycles. The summed E-state index contributed by atoms with van der Waals surface area (Å²) in [5.74, 6) is -1.96. The first-order valence-electron chi connectivity index (χ1n) is 4.87. The lowest BCUT2D eigenvalue weighted by molar-refractivity contribution is -0.170. The highest BCUT2D eigenvalue weighted by molar-refractivity contribution is 5.88. The fourth-order valence-electron chi connectivity index (χ4n) is 0.956. The summed E-state index contributed by atoms with van der Waals surface area (Å²) >= 11 is 0. The van der Waals surface area contributed by atoms with Gasteiger partial charge in [0, 0.05) is 0 Å². The van der Waals surface area contributed by atoms with Crippen molar-refractivity contribution in [3.05, 3.63) is 0 Å². The van der Waals surface area contributed by atoms with Crippen LogP contribution in [-0.4, -0.2) is 36.4 Å². The summed E-state index contributed by atoms with van der Waals surface area (Å²) < 4.78 is 9.15. The second kappa shape index (κ2) is 6.08. The molecular formula is C10H15NO5. The van der Waals surface area contributed by atoms with Crippen LogP contribution in [0.2, 0.25) is 0 Å². The molecular weight excluding hydrogens is 214 g/mol. The first-order chi connectivity index (χ1) is 7.43. The zero-order chi connectivity index (χ0) is 12.8. The third-order valence-electron chi connectivity index (χ3n) is 1.99. The van der Waals surface area contributed by atoms with Gasteiger partial charge in [0.15, 0.2) is 11.5 Å². The van der Waals surface area contributed by atoms with Crippen LogP contribution < -0.4 is 0 Å². The molecule has 0 rings (SSSR count). The SMILES string of the molecule is CCOC(=O)[C@H](O)[C@](C)(C#N)C(=O)OCC. The highest BCUT2D eigenvalue weighted by Gasteiger charge is 2.47. The Labute approximate surface area is 93.8 Å². The van der Waals surface area contributed by atoms with Crippen molar-refractivity contribution in [2.24, 2.45) is 5.41 Å². The van der Waals surface area contributed by atoms with E-state index in [1.165, 1.54) is 0 Å². The molecule has 0 amide bonds. The van der Waals surface area contributed by atoms with Gasteiger partial charge in [-0.05, 0) is 20.8 Å². The summed E-state index contributed by atoms with van der Waals surface area (Å²) in [5, 5.41) is 18.4. The van der Waals surface area contributed by atoms with Gasteiger partial charge in [0.2, 0.25) is 0 Å². The summed E-state index contributed by atoms with van der Waals surface area (Å²) in [6, 6.07) is 1.58. The number of ether oxygens (including phenoxy) is 2. The molecule has 0 saturated heterocycles. The van der Waals surface area contributed by atoms with Crippen molar-refractivity contribution in [1.29, 1.82) is 5.26 Å². The molecule has 0 spiro atoms. The standard InChI is InChI=1S/C10H15NO5/c1-4-15-8(13)7(12)10(3,6-11)9(14)16-5-2/h7,12H,4-5H2,1-3H3/t7-,10-/m0/s1. The van der Waals surface area contributed by atoms with E-state index in [1.54, 1.807) is 19.9 Å². The highest BCUT2D eigenvalue weighted by atomic mass is 16.6. The first-order valence-corrected chi connectivity index (χ1v) is 4.87. The van der Waals surface area contributed by atoms with E-state index in [1.807, 2.05) is 0 Å². The third kappa shape index (κ3) is 2.94. The Kier molecular flexibility index (Phi) is 5.47. The maximum absolute atomic E-state index is 11.4. The Morgan fingerprint density at radius 2 is 1.88 bits per heavy atom. The lowest BCUT2D eigenvalue weighted by Crippen LogP contribution is -2.45. The average Bonchev–Trinajstić information content (AvgIpc) is 2.27. The Morgan fingerprint density at radius 3 is 2.25 bits per heavy atom. The number of rotatable bonds is 5. The first kappa shape index (κ1) is 14.4. The monoisotopic (exact) mass is 229 g/mol. The topological polar surface area (TPSA) is 96.6 Å². The van der Waals surface area contributed by atoms with Crippen LogP contribution in [0.5, 0.6) is 0 Å². The lowest BCUT2D eigenvalue weighted by Gasteiger charge is -2.23. The fourth-order valence-corrected chi connectivity index (χ4v) is 0.956. The molecule has 6 nitrogen and oxygen atoms in total. The van der Waals surface area contributed by atoms with Crippen LogP contribution in [0, 0.1) is 16.7 Å². The summed E-state index contributed by atoms with van der Waals surface area (Å²) in [5.41, 5.74) is -1.94. The summed E-state index contributed by atoms with van der Waals surface area (Å²) in [7, 11) is 0. The second-order valence-electron chi connectivity index (χ2n) is 3.19. The van der Waals surface area contributed by atoms with Crippen LogP contribution in [0.3, 0.4) is 0 Å². The van der Waals surface area contributed by atoms with Crippen molar-refractivity contribution < 1.29 is 24.2 Å². The van der Waals surface area contributed by atoms with Gasteiger partial charge >= 0.3 is 11.9 Å². The van der Waals surface area contributed by atoms with Crippen molar-refractivity contribution in [2.75, 3.05) is 13.2 Å². The maximum Gasteiger partial charge on any atom is 0.337 e. The lowest BCUT2D eigenvalue weighted by atomic mass is 9.86. The van der Waals surface area contributed by atoms with E-state index in [4.69, 9.17) is 5.26 Å². The highest BCUT2D eigenvalue weighted by Crippen LogP contribution is 2.23. The van der Waals surface area contributed by atoms with Crippen LogP contribution in [0.25, 0.3) is 0 Å². The van der Waals surface area contributed by atoms with Crippen LogP contribution in [0.1, 0.15) is 20.8 Å². The van der Waals surface area contributed by atoms with Gasteiger partial charge in [-0.1, -0.05) is 0 Å². The number of carbonyl (C=O) groups excluding carboxylic acids is 2. The average molecular weight is 229 g/mol. The molecule has 0 aliphatic carbocycles. The fraction of sp³-hybridized carbons (Fsp3) is 0.700. The van der Waals surface area contributed by atoms with Crippen molar-refractivity contribution in [1.82, 2.24) is 0 Å². The van der Waals surface area contributed by atoms with Crippen LogP contribution in [0.15, 0.2) is 0 Å². The van der Waals surface area contributed by atoms with E-state index in [2.05, 4.69) is 9.47 Å². The number of aliphatic hydroxyl groups excluding tert-OH is 1. The zero-order valence-corrected chi connectivity index (χ0v) is 9.52. The van der Waals surface area contributed by atoms with Gasteiger partial charge in [-0.15, -0.1) is 0 Å². The van der Waals surface area contributed by atoms with Crippen molar-refractivity contribution in [2.45, 2.75) is 26.9 Å². The number of nitriles is 1. The smallest absolute Gasteiger partial charge is 0.337 e. The van der Waals surface area contributed by atoms with E-state index >= 15 is 0 Å². The predicted octanol–water partition coefficient (Wildman–Crippen LogP) is 0.00338. The Morgan fingerprint density at radius 1 is 1.38 bits per heavy atom. The summed E-state index contributed by atoms with van der Waals surface area (Å²) in [6.45, 7) is 4.36. The van der Waals surface area contributed by atoms with Gasteiger partial charge in [-0.25, -0.2) is 4.79 Å². The Hall–Kier alpha value is -1.61. The molecule has 0 radical (unpaired) electrons. The minimum atomic E-state index is -1.94. The Bertz CT molecular complexity index is 309. The maximum atomic E-state index is 11.4. The summed E-state index contributed by atoms with van der Waals surface area (Å²) in [6.07, 6.45) is -1.85. The minimum absolute atomic E-state index is 0.0558. The molecule has 0 bridgehead atoms. The molecule has 1 N–H and O–H groups in total. The van der Waals surface area contributed by atoms with Gasteiger partial charge in [-0.3, -0.25) is 4.79 Å².